The first-order valence-corrected chi connectivity index (χ1v) is 6.23. The summed E-state index contributed by atoms with van der Waals surface area (Å²) in [5, 5.41) is 8.91. The number of amides is 1. The Morgan fingerprint density at radius 3 is 2.63 bits per heavy atom. The second-order valence-corrected chi connectivity index (χ2v) is 4.71. The van der Waals surface area contributed by atoms with Crippen LogP contribution >= 0.6 is 0 Å². The Hall–Kier alpha value is -1.69. The number of aromatic nitrogens is 1. The number of halogens is 1. The van der Waals surface area contributed by atoms with Crippen molar-refractivity contribution >= 4 is 6.09 Å². The summed E-state index contributed by atoms with van der Waals surface area (Å²) < 4.78 is 18.9. The summed E-state index contributed by atoms with van der Waals surface area (Å²) in [4.78, 5) is 17.1. The largest absolute Gasteiger partial charge is 0.445 e. The van der Waals surface area contributed by atoms with E-state index >= 15 is 0 Å². The summed E-state index contributed by atoms with van der Waals surface area (Å²) >= 11 is 0. The number of rotatable bonds is 3. The lowest BCUT2D eigenvalue weighted by molar-refractivity contribution is 0.00532. The summed E-state index contributed by atoms with van der Waals surface area (Å²) in [7, 11) is 0. The second-order valence-electron chi connectivity index (χ2n) is 4.71. The first kappa shape index (κ1) is 13.7. The van der Waals surface area contributed by atoms with Crippen molar-refractivity contribution in [2.24, 2.45) is 0 Å². The van der Waals surface area contributed by atoms with Crippen LogP contribution in [0.5, 0.6) is 0 Å². The molecule has 0 aromatic carbocycles. The highest BCUT2D eigenvalue weighted by molar-refractivity contribution is 5.67. The molecule has 1 aliphatic heterocycles. The zero-order valence-electron chi connectivity index (χ0n) is 10.6. The smallest absolute Gasteiger partial charge is 0.410 e. The van der Waals surface area contributed by atoms with E-state index in [1.54, 1.807) is 24.5 Å². The lowest BCUT2D eigenvalue weighted by Crippen LogP contribution is -2.46. The standard InChI is InChI=1S/C13H17FN2O3/c14-13(10-17)3-7-16(8-4-13)12(18)19-9-11-1-5-15-6-2-11/h1-2,5-6,17H,3-4,7-10H2. The molecule has 19 heavy (non-hydrogen) atoms. The Morgan fingerprint density at radius 1 is 1.42 bits per heavy atom. The van der Waals surface area contributed by atoms with Gasteiger partial charge in [0.2, 0.25) is 0 Å². The van der Waals surface area contributed by atoms with E-state index in [0.29, 0.717) is 0 Å². The molecule has 6 heteroatoms. The lowest BCUT2D eigenvalue weighted by Gasteiger charge is -2.34. The third-order valence-electron chi connectivity index (χ3n) is 3.31. The molecule has 1 fully saturated rings. The molecule has 0 radical (unpaired) electrons. The monoisotopic (exact) mass is 268 g/mol. The van der Waals surface area contributed by atoms with Gasteiger partial charge in [0, 0.05) is 38.3 Å². The first-order chi connectivity index (χ1) is 9.13. The van der Waals surface area contributed by atoms with Gasteiger partial charge in [-0.1, -0.05) is 0 Å². The van der Waals surface area contributed by atoms with Crippen LogP contribution in [0.15, 0.2) is 24.5 Å². The van der Waals surface area contributed by atoms with Crippen molar-refractivity contribution in [3.63, 3.8) is 0 Å². The quantitative estimate of drug-likeness (QED) is 0.902. The Morgan fingerprint density at radius 2 is 2.05 bits per heavy atom. The van der Waals surface area contributed by atoms with Gasteiger partial charge in [-0.05, 0) is 17.7 Å². The van der Waals surface area contributed by atoms with Crippen molar-refractivity contribution in [2.75, 3.05) is 19.7 Å². The van der Waals surface area contributed by atoms with Crippen LogP contribution in [0.2, 0.25) is 0 Å². The van der Waals surface area contributed by atoms with Crippen molar-refractivity contribution in [3.05, 3.63) is 30.1 Å². The number of carbonyl (C=O) groups is 1. The van der Waals surface area contributed by atoms with E-state index in [1.807, 2.05) is 0 Å². The van der Waals surface area contributed by atoms with Gasteiger partial charge in [0.05, 0.1) is 6.61 Å². The number of nitrogens with zero attached hydrogens (tertiary/aromatic N) is 2. The fourth-order valence-corrected chi connectivity index (χ4v) is 1.96. The molecule has 1 amide bonds. The highest BCUT2D eigenvalue weighted by atomic mass is 19.1. The Balaban J connectivity index is 1.79. The van der Waals surface area contributed by atoms with E-state index in [2.05, 4.69) is 4.98 Å². The minimum Gasteiger partial charge on any atom is -0.445 e. The summed E-state index contributed by atoms with van der Waals surface area (Å²) in [6, 6.07) is 3.53. The molecule has 1 N–H and O–H groups in total. The average Bonchev–Trinajstić information content (AvgIpc) is 2.47. The number of piperidine rings is 1. The summed E-state index contributed by atoms with van der Waals surface area (Å²) in [5.74, 6) is 0. The third kappa shape index (κ3) is 3.64. The van der Waals surface area contributed by atoms with Crippen LogP contribution in [0.4, 0.5) is 9.18 Å². The van der Waals surface area contributed by atoms with Crippen LogP contribution in [-0.4, -0.2) is 46.4 Å². The third-order valence-corrected chi connectivity index (χ3v) is 3.31. The van der Waals surface area contributed by atoms with Crippen molar-refractivity contribution in [1.29, 1.82) is 0 Å². The summed E-state index contributed by atoms with van der Waals surface area (Å²) in [6.07, 6.45) is 3.10. The van der Waals surface area contributed by atoms with Gasteiger partial charge in [-0.2, -0.15) is 0 Å². The van der Waals surface area contributed by atoms with Gasteiger partial charge < -0.3 is 14.7 Å². The van der Waals surface area contributed by atoms with Gasteiger partial charge in [0.1, 0.15) is 12.3 Å². The molecule has 2 rings (SSSR count). The van der Waals surface area contributed by atoms with E-state index in [-0.39, 0.29) is 32.5 Å². The van der Waals surface area contributed by atoms with Gasteiger partial charge in [-0.25, -0.2) is 9.18 Å². The lowest BCUT2D eigenvalue weighted by atomic mass is 9.95. The van der Waals surface area contributed by atoms with E-state index in [1.165, 1.54) is 4.90 Å². The molecule has 1 aromatic rings. The molecule has 0 bridgehead atoms. The normalized spacial score (nSPS) is 18.1. The number of carbonyl (C=O) groups excluding carboxylic acids is 1. The van der Waals surface area contributed by atoms with Crippen molar-refractivity contribution in [1.82, 2.24) is 9.88 Å². The molecule has 0 unspecified atom stereocenters. The maximum atomic E-state index is 13.8. The van der Waals surface area contributed by atoms with E-state index < -0.39 is 18.4 Å². The maximum absolute atomic E-state index is 13.8. The predicted octanol–water partition coefficient (Wildman–Crippen LogP) is 1.51. The number of aliphatic hydroxyl groups excluding tert-OH is 1. The van der Waals surface area contributed by atoms with Gasteiger partial charge in [-0.3, -0.25) is 4.98 Å². The molecular weight excluding hydrogens is 251 g/mol. The topological polar surface area (TPSA) is 62.7 Å². The number of aliphatic hydroxyl groups is 1. The van der Waals surface area contributed by atoms with Crippen molar-refractivity contribution < 1.29 is 19.0 Å². The van der Waals surface area contributed by atoms with Gasteiger partial charge in [0.25, 0.3) is 0 Å². The molecule has 1 saturated heterocycles. The van der Waals surface area contributed by atoms with Crippen molar-refractivity contribution in [3.8, 4) is 0 Å². The number of alkyl halides is 1. The van der Waals surface area contributed by atoms with Gasteiger partial charge >= 0.3 is 6.09 Å². The Labute approximate surface area is 111 Å². The Kier molecular flexibility index (Phi) is 4.31. The fraction of sp³-hybridized carbons (Fsp3) is 0.538. The number of hydrogen-bond acceptors (Lipinski definition) is 4. The number of ether oxygens (including phenoxy) is 1. The van der Waals surface area contributed by atoms with Gasteiger partial charge in [0.15, 0.2) is 0 Å². The second kappa shape index (κ2) is 5.97. The van der Waals surface area contributed by atoms with Crippen LogP contribution in [0.3, 0.4) is 0 Å². The summed E-state index contributed by atoms with van der Waals surface area (Å²) in [6.45, 7) is 0.226. The first-order valence-electron chi connectivity index (χ1n) is 6.23. The van der Waals surface area contributed by atoms with Crippen LogP contribution < -0.4 is 0 Å². The molecule has 104 valence electrons. The van der Waals surface area contributed by atoms with E-state index in [0.717, 1.165) is 5.56 Å². The predicted molar refractivity (Wildman–Crippen MR) is 66.2 cm³/mol. The van der Waals surface area contributed by atoms with Crippen LogP contribution in [0.25, 0.3) is 0 Å². The van der Waals surface area contributed by atoms with E-state index in [4.69, 9.17) is 9.84 Å². The fourth-order valence-electron chi connectivity index (χ4n) is 1.96. The van der Waals surface area contributed by atoms with Crippen molar-refractivity contribution in [2.45, 2.75) is 25.1 Å². The molecule has 1 aromatic heterocycles. The molecule has 0 spiro atoms. The van der Waals surface area contributed by atoms with Crippen LogP contribution in [0, 0.1) is 0 Å². The average molecular weight is 268 g/mol. The molecule has 0 saturated carbocycles. The van der Waals surface area contributed by atoms with Crippen LogP contribution in [0.1, 0.15) is 18.4 Å². The molecule has 2 heterocycles. The highest BCUT2D eigenvalue weighted by Crippen LogP contribution is 2.26. The molecule has 0 aliphatic carbocycles. The molecular formula is C13H17FN2O3. The molecule has 1 aliphatic rings. The number of pyridine rings is 1. The van der Waals surface area contributed by atoms with Gasteiger partial charge in [-0.15, -0.1) is 0 Å². The summed E-state index contributed by atoms with van der Waals surface area (Å²) in [5.41, 5.74) is -0.697. The molecule has 0 atom stereocenters. The zero-order valence-corrected chi connectivity index (χ0v) is 10.6. The Bertz CT molecular complexity index is 419. The van der Waals surface area contributed by atoms with Crippen LogP contribution in [-0.2, 0) is 11.3 Å². The molecule has 5 nitrogen and oxygen atoms in total. The number of likely N-dealkylation sites (tertiary alicyclic amines) is 1. The minimum absolute atomic E-state index is 0.147. The van der Waals surface area contributed by atoms with E-state index in [9.17, 15) is 9.18 Å². The SMILES string of the molecule is O=C(OCc1ccncc1)N1CCC(F)(CO)CC1. The maximum Gasteiger partial charge on any atom is 0.410 e. The highest BCUT2D eigenvalue weighted by Gasteiger charge is 2.35. The number of hydrogen-bond donors (Lipinski definition) is 1. The zero-order chi connectivity index (χ0) is 13.7. The minimum atomic E-state index is -1.55.